The van der Waals surface area contributed by atoms with Gasteiger partial charge >= 0.3 is 0 Å². The molecule has 1 N–H and O–H groups in total. The fraction of sp³-hybridized carbons (Fsp3) is 0.381. The van der Waals surface area contributed by atoms with Crippen molar-refractivity contribution in [2.45, 2.75) is 46.4 Å². The molecule has 0 bridgehead atoms. The summed E-state index contributed by atoms with van der Waals surface area (Å²) in [6.07, 6.45) is 2.09. The summed E-state index contributed by atoms with van der Waals surface area (Å²) in [4.78, 5) is 0. The molecule has 0 atom stereocenters. The highest BCUT2D eigenvalue weighted by molar-refractivity contribution is 6.32. The standard InChI is InChI=1S/C21H25Cl2N5O2/c1-3-5-10-28-21(25-26-27-28)24-13-16-11-18(23)20(19(12-16)29-4-2)30-14-15-6-8-17(22)9-7-15/h6-9,11-12H,3-5,10,13-14H2,1-2H3,(H,24,25,27). The first-order chi connectivity index (χ1) is 14.6. The van der Waals surface area contributed by atoms with Gasteiger partial charge in [-0.1, -0.05) is 53.8 Å². The van der Waals surface area contributed by atoms with E-state index in [0.29, 0.717) is 47.3 Å². The van der Waals surface area contributed by atoms with Gasteiger partial charge in [-0.25, -0.2) is 4.68 Å². The van der Waals surface area contributed by atoms with Crippen LogP contribution < -0.4 is 14.8 Å². The van der Waals surface area contributed by atoms with Crippen LogP contribution in [-0.4, -0.2) is 26.8 Å². The molecule has 160 valence electrons. The Balaban J connectivity index is 1.70. The van der Waals surface area contributed by atoms with Gasteiger partial charge < -0.3 is 14.8 Å². The van der Waals surface area contributed by atoms with Crippen molar-refractivity contribution in [1.82, 2.24) is 20.2 Å². The summed E-state index contributed by atoms with van der Waals surface area (Å²) in [7, 11) is 0. The summed E-state index contributed by atoms with van der Waals surface area (Å²) in [5.41, 5.74) is 1.93. The molecule has 30 heavy (non-hydrogen) atoms. The third-order valence-electron chi connectivity index (χ3n) is 4.37. The minimum atomic E-state index is 0.362. The summed E-state index contributed by atoms with van der Waals surface area (Å²) in [5.74, 6) is 1.74. The van der Waals surface area contributed by atoms with Gasteiger partial charge in [0.05, 0.1) is 11.6 Å². The second-order valence-electron chi connectivity index (χ2n) is 6.69. The highest BCUT2D eigenvalue weighted by atomic mass is 35.5. The van der Waals surface area contributed by atoms with E-state index in [4.69, 9.17) is 32.7 Å². The van der Waals surface area contributed by atoms with Crippen LogP contribution >= 0.6 is 23.2 Å². The number of halogens is 2. The number of unbranched alkanes of at least 4 members (excludes halogenated alkanes) is 1. The van der Waals surface area contributed by atoms with E-state index in [9.17, 15) is 0 Å². The number of hydrogen-bond donors (Lipinski definition) is 1. The van der Waals surface area contributed by atoms with Crippen molar-refractivity contribution in [3.63, 3.8) is 0 Å². The van der Waals surface area contributed by atoms with E-state index in [0.717, 1.165) is 30.5 Å². The number of ether oxygens (including phenoxy) is 2. The van der Waals surface area contributed by atoms with Crippen LogP contribution in [0.3, 0.4) is 0 Å². The minimum absolute atomic E-state index is 0.362. The lowest BCUT2D eigenvalue weighted by molar-refractivity contribution is 0.269. The molecule has 0 unspecified atom stereocenters. The van der Waals surface area contributed by atoms with Crippen molar-refractivity contribution >= 4 is 29.2 Å². The van der Waals surface area contributed by atoms with Crippen molar-refractivity contribution < 1.29 is 9.47 Å². The van der Waals surface area contributed by atoms with Crippen LogP contribution in [0, 0.1) is 0 Å². The SMILES string of the molecule is CCCCn1nnnc1NCc1cc(Cl)c(OCc2ccc(Cl)cc2)c(OCC)c1. The molecule has 0 aliphatic carbocycles. The topological polar surface area (TPSA) is 74.1 Å². The first-order valence-electron chi connectivity index (χ1n) is 9.93. The molecule has 0 spiro atoms. The highest BCUT2D eigenvalue weighted by Gasteiger charge is 2.14. The molecule has 2 aromatic carbocycles. The molecule has 3 rings (SSSR count). The molecule has 7 nitrogen and oxygen atoms in total. The molecule has 1 heterocycles. The van der Waals surface area contributed by atoms with Crippen LogP contribution in [-0.2, 0) is 19.7 Å². The Labute approximate surface area is 186 Å². The third kappa shape index (κ3) is 6.00. The molecule has 0 radical (unpaired) electrons. The predicted octanol–water partition coefficient (Wildman–Crippen LogP) is 5.37. The molecular formula is C21H25Cl2N5O2. The van der Waals surface area contributed by atoms with Crippen LogP contribution in [0.15, 0.2) is 36.4 Å². The second kappa shape index (κ2) is 11.0. The summed E-state index contributed by atoms with van der Waals surface area (Å²) in [6, 6.07) is 11.3. The first kappa shape index (κ1) is 22.2. The van der Waals surface area contributed by atoms with Crippen LogP contribution in [0.25, 0.3) is 0 Å². The molecule has 0 aliphatic rings. The smallest absolute Gasteiger partial charge is 0.243 e. The van der Waals surface area contributed by atoms with Crippen molar-refractivity contribution in [3.05, 3.63) is 57.6 Å². The predicted molar refractivity (Wildman–Crippen MR) is 118 cm³/mol. The summed E-state index contributed by atoms with van der Waals surface area (Å²) in [5, 5.41) is 16.2. The lowest BCUT2D eigenvalue weighted by Crippen LogP contribution is -2.09. The van der Waals surface area contributed by atoms with Gasteiger partial charge in [-0.2, -0.15) is 0 Å². The van der Waals surface area contributed by atoms with E-state index in [1.165, 1.54) is 0 Å². The summed E-state index contributed by atoms with van der Waals surface area (Å²) in [6.45, 7) is 6.19. The van der Waals surface area contributed by atoms with Crippen molar-refractivity contribution in [3.8, 4) is 11.5 Å². The van der Waals surface area contributed by atoms with E-state index in [-0.39, 0.29) is 0 Å². The Hall–Kier alpha value is -2.51. The third-order valence-corrected chi connectivity index (χ3v) is 4.90. The molecule has 3 aromatic rings. The van der Waals surface area contributed by atoms with Crippen molar-refractivity contribution in [2.24, 2.45) is 0 Å². The Morgan fingerprint density at radius 2 is 1.83 bits per heavy atom. The average Bonchev–Trinajstić information content (AvgIpc) is 3.19. The van der Waals surface area contributed by atoms with E-state index < -0.39 is 0 Å². The van der Waals surface area contributed by atoms with Gasteiger partial charge in [0.2, 0.25) is 5.95 Å². The molecule has 0 fully saturated rings. The number of rotatable bonds is 11. The molecule has 9 heteroatoms. The molecule has 1 aromatic heterocycles. The van der Waals surface area contributed by atoms with E-state index >= 15 is 0 Å². The maximum atomic E-state index is 6.52. The molecule has 0 saturated carbocycles. The summed E-state index contributed by atoms with van der Waals surface area (Å²) >= 11 is 12.5. The maximum absolute atomic E-state index is 6.52. The molecule has 0 amide bonds. The lowest BCUT2D eigenvalue weighted by atomic mass is 10.2. The van der Waals surface area contributed by atoms with Gasteiger partial charge in [0, 0.05) is 18.1 Å². The normalized spacial score (nSPS) is 10.8. The van der Waals surface area contributed by atoms with Crippen molar-refractivity contribution in [1.29, 1.82) is 0 Å². The van der Waals surface area contributed by atoms with Crippen LogP contribution in [0.4, 0.5) is 5.95 Å². The van der Waals surface area contributed by atoms with E-state index in [1.54, 1.807) is 4.68 Å². The Morgan fingerprint density at radius 3 is 2.57 bits per heavy atom. The van der Waals surface area contributed by atoms with Crippen molar-refractivity contribution in [2.75, 3.05) is 11.9 Å². The number of anilines is 1. The highest BCUT2D eigenvalue weighted by Crippen LogP contribution is 2.37. The number of tetrazole rings is 1. The number of benzene rings is 2. The van der Waals surface area contributed by atoms with Crippen LogP contribution in [0.2, 0.25) is 10.0 Å². The second-order valence-corrected chi connectivity index (χ2v) is 7.53. The Bertz CT molecular complexity index is 947. The van der Waals surface area contributed by atoms with E-state index in [1.807, 2.05) is 43.3 Å². The zero-order valence-corrected chi connectivity index (χ0v) is 18.6. The number of aromatic nitrogens is 4. The maximum Gasteiger partial charge on any atom is 0.243 e. The fourth-order valence-corrected chi connectivity index (χ4v) is 3.25. The largest absolute Gasteiger partial charge is 0.490 e. The van der Waals surface area contributed by atoms with Gasteiger partial charge in [-0.05, 0) is 59.2 Å². The fourth-order valence-electron chi connectivity index (χ4n) is 2.83. The van der Waals surface area contributed by atoms with Gasteiger partial charge in [-0.15, -0.1) is 0 Å². The zero-order chi connectivity index (χ0) is 21.3. The first-order valence-corrected chi connectivity index (χ1v) is 10.7. The number of aryl methyl sites for hydroxylation is 1. The molecule has 0 aliphatic heterocycles. The monoisotopic (exact) mass is 449 g/mol. The summed E-state index contributed by atoms with van der Waals surface area (Å²) < 4.78 is 13.5. The lowest BCUT2D eigenvalue weighted by Gasteiger charge is -2.16. The average molecular weight is 450 g/mol. The van der Waals surface area contributed by atoms with Crippen LogP contribution in [0.1, 0.15) is 37.8 Å². The Morgan fingerprint density at radius 1 is 1.03 bits per heavy atom. The van der Waals surface area contributed by atoms with Gasteiger partial charge in [0.15, 0.2) is 11.5 Å². The molecule has 0 saturated heterocycles. The van der Waals surface area contributed by atoms with E-state index in [2.05, 4.69) is 27.8 Å². The minimum Gasteiger partial charge on any atom is -0.490 e. The Kier molecular flexibility index (Phi) is 8.16. The number of hydrogen-bond acceptors (Lipinski definition) is 6. The number of nitrogens with one attached hydrogen (secondary N) is 1. The van der Waals surface area contributed by atoms with Crippen LogP contribution in [0.5, 0.6) is 11.5 Å². The quantitative estimate of drug-likeness (QED) is 0.424. The zero-order valence-electron chi connectivity index (χ0n) is 17.1. The molecular weight excluding hydrogens is 425 g/mol. The number of nitrogens with zero attached hydrogens (tertiary/aromatic N) is 4. The van der Waals surface area contributed by atoms with Gasteiger partial charge in [0.25, 0.3) is 0 Å². The van der Waals surface area contributed by atoms with Gasteiger partial charge in [0.1, 0.15) is 6.61 Å². The van der Waals surface area contributed by atoms with Gasteiger partial charge in [-0.3, -0.25) is 0 Å².